The first kappa shape index (κ1) is 24.1. The minimum Gasteiger partial charge on any atom is -0.480 e. The summed E-state index contributed by atoms with van der Waals surface area (Å²) < 4.78 is 52.6. The SMILES string of the molecule is O=C(NC1CC2(N3CC([C@H]4C[C@@H](OC(F)(F)F)C4)OC3=O)CC1C2)[C@H]1C[C@@H](O)c2cc(Cl)ccc2O1. The van der Waals surface area contributed by atoms with Crippen molar-refractivity contribution in [2.45, 2.75) is 80.9 Å². The highest BCUT2D eigenvalue weighted by atomic mass is 35.5. The molecule has 196 valence electrons. The highest BCUT2D eigenvalue weighted by Crippen LogP contribution is 2.57. The predicted octanol–water partition coefficient (Wildman–Crippen LogP) is 3.70. The van der Waals surface area contributed by atoms with Crippen molar-refractivity contribution in [3.05, 3.63) is 28.8 Å². The minimum absolute atomic E-state index is 0.113. The number of cyclic esters (lactones) is 1. The Kier molecular flexibility index (Phi) is 5.62. The molecule has 1 saturated heterocycles. The lowest BCUT2D eigenvalue weighted by atomic mass is 9.74. The van der Waals surface area contributed by atoms with Gasteiger partial charge in [0.15, 0.2) is 6.10 Å². The van der Waals surface area contributed by atoms with Gasteiger partial charge in [-0.2, -0.15) is 0 Å². The summed E-state index contributed by atoms with van der Waals surface area (Å²) in [5.41, 5.74) is 0.148. The van der Waals surface area contributed by atoms with Gasteiger partial charge in [-0.1, -0.05) is 11.6 Å². The second-order valence-corrected chi connectivity index (χ2v) is 11.1. The van der Waals surface area contributed by atoms with Gasteiger partial charge in [0.05, 0.1) is 18.8 Å². The molecule has 6 aliphatic rings. The topological polar surface area (TPSA) is 97.3 Å². The van der Waals surface area contributed by atoms with Crippen LogP contribution in [0, 0.1) is 11.8 Å². The molecule has 2 aliphatic heterocycles. The number of hydrogen-bond acceptors (Lipinski definition) is 6. The van der Waals surface area contributed by atoms with E-state index < -0.39 is 42.4 Å². The molecular formula is C24H26ClF3N2O6. The van der Waals surface area contributed by atoms with Crippen LogP contribution < -0.4 is 10.1 Å². The second kappa shape index (κ2) is 8.39. The molecule has 0 radical (unpaired) electrons. The van der Waals surface area contributed by atoms with Gasteiger partial charge < -0.3 is 19.9 Å². The first-order valence-corrected chi connectivity index (χ1v) is 12.5. The number of rotatable bonds is 5. The third-order valence-corrected chi connectivity index (χ3v) is 8.71. The number of carbonyl (C=O) groups is 2. The fraction of sp³-hybridized carbons (Fsp3) is 0.667. The van der Waals surface area contributed by atoms with Crippen LogP contribution in [0.4, 0.5) is 18.0 Å². The summed E-state index contributed by atoms with van der Waals surface area (Å²) in [5.74, 6) is 0.182. The molecule has 7 rings (SSSR count). The van der Waals surface area contributed by atoms with Gasteiger partial charge in [-0.05, 0) is 56.2 Å². The van der Waals surface area contributed by atoms with Gasteiger partial charge in [0.2, 0.25) is 0 Å². The number of alkyl halides is 3. The summed E-state index contributed by atoms with van der Waals surface area (Å²) in [4.78, 5) is 27.3. The molecule has 0 aromatic heterocycles. The van der Waals surface area contributed by atoms with Crippen molar-refractivity contribution < 1.29 is 42.1 Å². The molecule has 12 heteroatoms. The van der Waals surface area contributed by atoms with Crippen LogP contribution in [-0.2, 0) is 14.3 Å². The third-order valence-electron chi connectivity index (χ3n) is 8.48. The highest BCUT2D eigenvalue weighted by Gasteiger charge is 2.63. The molecule has 4 atom stereocenters. The largest absolute Gasteiger partial charge is 0.522 e. The molecule has 1 aromatic carbocycles. The fourth-order valence-corrected chi connectivity index (χ4v) is 6.79. The van der Waals surface area contributed by atoms with Crippen LogP contribution in [0.1, 0.15) is 50.2 Å². The van der Waals surface area contributed by atoms with Gasteiger partial charge in [0.1, 0.15) is 11.9 Å². The zero-order chi connectivity index (χ0) is 25.4. The molecule has 2 bridgehead atoms. The van der Waals surface area contributed by atoms with Crippen LogP contribution >= 0.6 is 11.6 Å². The van der Waals surface area contributed by atoms with Crippen LogP contribution in [0.5, 0.6) is 5.75 Å². The maximum Gasteiger partial charge on any atom is 0.522 e. The number of aliphatic hydroxyl groups excluding tert-OH is 1. The first-order chi connectivity index (χ1) is 17.0. The van der Waals surface area contributed by atoms with Gasteiger partial charge in [0.25, 0.3) is 5.91 Å². The van der Waals surface area contributed by atoms with Crippen molar-refractivity contribution in [3.63, 3.8) is 0 Å². The fourth-order valence-electron chi connectivity index (χ4n) is 6.61. The summed E-state index contributed by atoms with van der Waals surface area (Å²) in [6, 6.07) is 4.76. The van der Waals surface area contributed by atoms with Crippen LogP contribution in [0.25, 0.3) is 0 Å². The molecule has 2 heterocycles. The quantitative estimate of drug-likeness (QED) is 0.602. The van der Waals surface area contributed by atoms with Crippen LogP contribution in [0.3, 0.4) is 0 Å². The van der Waals surface area contributed by atoms with E-state index in [9.17, 15) is 27.9 Å². The second-order valence-electron chi connectivity index (χ2n) is 10.7. The van der Waals surface area contributed by atoms with E-state index in [-0.39, 0.29) is 43.0 Å². The summed E-state index contributed by atoms with van der Waals surface area (Å²) >= 11 is 5.99. The van der Waals surface area contributed by atoms with Gasteiger partial charge in [0, 0.05) is 34.5 Å². The number of nitrogens with one attached hydrogen (secondary N) is 1. The van der Waals surface area contributed by atoms with E-state index in [1.807, 2.05) is 0 Å². The van der Waals surface area contributed by atoms with Gasteiger partial charge >= 0.3 is 12.5 Å². The Morgan fingerprint density at radius 2 is 1.92 bits per heavy atom. The smallest absolute Gasteiger partial charge is 0.480 e. The molecule has 1 aromatic rings. The maximum atomic E-state index is 13.0. The number of fused-ring (bicyclic) bond motifs is 2. The van der Waals surface area contributed by atoms with Gasteiger partial charge in [-0.15, -0.1) is 13.2 Å². The molecule has 2 amide bonds. The molecule has 0 spiro atoms. The Bertz CT molecular complexity index is 1070. The number of nitrogens with zero attached hydrogens (tertiary/aromatic N) is 1. The molecule has 8 nitrogen and oxygen atoms in total. The van der Waals surface area contributed by atoms with Crippen LogP contribution in [0.2, 0.25) is 5.02 Å². The lowest BCUT2D eigenvalue weighted by Gasteiger charge is -2.44. The lowest BCUT2D eigenvalue weighted by molar-refractivity contribution is -0.355. The number of carbonyl (C=O) groups excluding carboxylic acids is 2. The standard InChI is InChI=1S/C24H26ClF3N2O6/c25-13-1-2-18-15(5-13)17(31)6-19(34-18)21(32)29-16-9-23(7-12(16)8-23)30-10-20(35-22(30)33)11-3-14(4-11)36-24(26,27)28/h1-2,5,11-12,14,16-17,19-20,31H,3-4,6-10H2,(H,29,32)/t11-,12?,14+,16?,17-,19-,20?,23?/m1/s1. The van der Waals surface area contributed by atoms with E-state index in [1.54, 1.807) is 23.1 Å². The summed E-state index contributed by atoms with van der Waals surface area (Å²) in [6.07, 6.45) is -5.55. The van der Waals surface area contributed by atoms with Crippen molar-refractivity contribution in [1.29, 1.82) is 0 Å². The number of halogens is 4. The van der Waals surface area contributed by atoms with Gasteiger partial charge in [-0.25, -0.2) is 4.79 Å². The third kappa shape index (κ3) is 4.18. The minimum atomic E-state index is -4.66. The number of aliphatic hydroxyl groups is 1. The summed E-state index contributed by atoms with van der Waals surface area (Å²) in [6.45, 7) is 0.340. The van der Waals surface area contributed by atoms with E-state index in [0.29, 0.717) is 29.3 Å². The Balaban J connectivity index is 1.03. The first-order valence-electron chi connectivity index (χ1n) is 12.2. The van der Waals surface area contributed by atoms with Crippen molar-refractivity contribution in [3.8, 4) is 5.75 Å². The maximum absolute atomic E-state index is 13.0. The number of ether oxygens (including phenoxy) is 3. The number of hydrogen-bond donors (Lipinski definition) is 2. The molecule has 4 aliphatic carbocycles. The predicted molar refractivity (Wildman–Crippen MR) is 118 cm³/mol. The average molecular weight is 531 g/mol. The lowest BCUT2D eigenvalue weighted by Crippen LogP contribution is -2.53. The molecule has 4 saturated carbocycles. The van der Waals surface area contributed by atoms with E-state index in [0.717, 1.165) is 12.8 Å². The number of benzene rings is 1. The van der Waals surface area contributed by atoms with Gasteiger partial charge in [-0.3, -0.25) is 14.4 Å². The van der Waals surface area contributed by atoms with Crippen molar-refractivity contribution in [1.82, 2.24) is 10.2 Å². The van der Waals surface area contributed by atoms with E-state index in [2.05, 4.69) is 10.1 Å². The van der Waals surface area contributed by atoms with E-state index in [4.69, 9.17) is 21.1 Å². The van der Waals surface area contributed by atoms with Crippen molar-refractivity contribution >= 4 is 23.6 Å². The Hall–Kier alpha value is -2.24. The average Bonchev–Trinajstić information content (AvgIpc) is 3.40. The van der Waals surface area contributed by atoms with Crippen LogP contribution in [-0.4, -0.2) is 64.8 Å². The van der Waals surface area contributed by atoms with Crippen LogP contribution in [0.15, 0.2) is 18.2 Å². The normalized spacial score (nSPS) is 39.0. The zero-order valence-electron chi connectivity index (χ0n) is 19.2. The molecule has 36 heavy (non-hydrogen) atoms. The van der Waals surface area contributed by atoms with E-state index >= 15 is 0 Å². The highest BCUT2D eigenvalue weighted by molar-refractivity contribution is 6.30. The molecule has 5 fully saturated rings. The zero-order valence-corrected chi connectivity index (χ0v) is 19.9. The molecule has 2 N–H and O–H groups in total. The Morgan fingerprint density at radius 3 is 2.64 bits per heavy atom. The summed E-state index contributed by atoms with van der Waals surface area (Å²) in [7, 11) is 0. The van der Waals surface area contributed by atoms with Crippen molar-refractivity contribution in [2.75, 3.05) is 6.54 Å². The molecular weight excluding hydrogens is 505 g/mol. The van der Waals surface area contributed by atoms with Crippen molar-refractivity contribution in [2.24, 2.45) is 11.8 Å². The monoisotopic (exact) mass is 530 g/mol. The molecule has 2 unspecified atom stereocenters. The summed E-state index contributed by atoms with van der Waals surface area (Å²) in [5, 5.41) is 14.0. The Morgan fingerprint density at radius 1 is 1.17 bits per heavy atom. The van der Waals surface area contributed by atoms with E-state index in [1.165, 1.54) is 0 Å². The Labute approximate surface area is 210 Å². The number of amides is 2.